The SMILES string of the molecule is COc1ccccc1N1CCN(CCCNC(=O)c2cnc3ccccn23)CC1. The van der Waals surface area contributed by atoms with Crippen LogP contribution >= 0.6 is 0 Å². The van der Waals surface area contributed by atoms with Crippen molar-refractivity contribution >= 4 is 17.2 Å². The minimum Gasteiger partial charge on any atom is -0.495 e. The number of hydrogen-bond acceptors (Lipinski definition) is 5. The number of pyridine rings is 1. The van der Waals surface area contributed by atoms with E-state index in [2.05, 4.69) is 32.2 Å². The van der Waals surface area contributed by atoms with Crippen LogP contribution in [0.25, 0.3) is 5.65 Å². The molecule has 1 N–H and O–H groups in total. The number of amides is 1. The van der Waals surface area contributed by atoms with Gasteiger partial charge >= 0.3 is 0 Å². The summed E-state index contributed by atoms with van der Waals surface area (Å²) in [5, 5.41) is 3.01. The van der Waals surface area contributed by atoms with Crippen LogP contribution in [0.1, 0.15) is 16.9 Å². The zero-order valence-electron chi connectivity index (χ0n) is 16.8. The van der Waals surface area contributed by atoms with Crippen molar-refractivity contribution in [3.05, 3.63) is 60.6 Å². The van der Waals surface area contributed by atoms with Gasteiger partial charge in [-0.3, -0.25) is 14.1 Å². The van der Waals surface area contributed by atoms with E-state index >= 15 is 0 Å². The van der Waals surface area contributed by atoms with E-state index in [1.165, 1.54) is 0 Å². The molecule has 0 spiro atoms. The Kier molecular flexibility index (Phi) is 5.95. The maximum absolute atomic E-state index is 12.4. The lowest BCUT2D eigenvalue weighted by Gasteiger charge is -2.36. The summed E-state index contributed by atoms with van der Waals surface area (Å²) in [7, 11) is 1.72. The Morgan fingerprint density at radius 2 is 1.90 bits per heavy atom. The van der Waals surface area contributed by atoms with Crippen molar-refractivity contribution in [2.24, 2.45) is 0 Å². The molecule has 7 nitrogen and oxygen atoms in total. The molecule has 1 aliphatic rings. The summed E-state index contributed by atoms with van der Waals surface area (Å²) >= 11 is 0. The molecule has 0 saturated carbocycles. The number of imidazole rings is 1. The molecule has 1 fully saturated rings. The number of rotatable bonds is 7. The third-order valence-corrected chi connectivity index (χ3v) is 5.38. The molecule has 4 rings (SSSR count). The topological polar surface area (TPSA) is 62.1 Å². The van der Waals surface area contributed by atoms with Crippen molar-refractivity contribution in [1.29, 1.82) is 0 Å². The largest absolute Gasteiger partial charge is 0.495 e. The number of nitrogens with zero attached hydrogens (tertiary/aromatic N) is 4. The van der Waals surface area contributed by atoms with Crippen molar-refractivity contribution in [3.8, 4) is 5.75 Å². The number of methoxy groups -OCH3 is 1. The minimum absolute atomic E-state index is 0.0790. The molecule has 2 aromatic heterocycles. The van der Waals surface area contributed by atoms with Crippen LogP contribution in [0.15, 0.2) is 54.9 Å². The highest BCUT2D eigenvalue weighted by atomic mass is 16.5. The molecule has 0 unspecified atom stereocenters. The molecule has 152 valence electrons. The first-order valence-corrected chi connectivity index (χ1v) is 10.1. The zero-order chi connectivity index (χ0) is 20.1. The average Bonchev–Trinajstić information content (AvgIpc) is 3.21. The number of para-hydroxylation sites is 2. The van der Waals surface area contributed by atoms with Crippen LogP contribution in [0.4, 0.5) is 5.69 Å². The summed E-state index contributed by atoms with van der Waals surface area (Å²) in [4.78, 5) is 21.5. The molecule has 1 aliphatic heterocycles. The minimum atomic E-state index is -0.0790. The lowest BCUT2D eigenvalue weighted by atomic mass is 10.2. The van der Waals surface area contributed by atoms with Crippen molar-refractivity contribution < 1.29 is 9.53 Å². The summed E-state index contributed by atoms with van der Waals surface area (Å²) in [5.41, 5.74) is 2.52. The number of nitrogens with one attached hydrogen (secondary N) is 1. The van der Waals surface area contributed by atoms with E-state index < -0.39 is 0 Å². The second kappa shape index (κ2) is 8.96. The maximum atomic E-state index is 12.4. The first-order valence-electron chi connectivity index (χ1n) is 10.1. The van der Waals surface area contributed by atoms with E-state index in [-0.39, 0.29) is 5.91 Å². The molecular weight excluding hydrogens is 366 g/mol. The van der Waals surface area contributed by atoms with Crippen molar-refractivity contribution in [2.75, 3.05) is 51.3 Å². The molecule has 3 aromatic rings. The molecule has 0 radical (unpaired) electrons. The standard InChI is InChI=1S/C22H27N5O2/c1-29-20-8-3-2-7-18(20)26-15-13-25(14-16-26)11-6-10-23-22(28)19-17-24-21-9-4-5-12-27(19)21/h2-5,7-9,12,17H,6,10-11,13-16H2,1H3,(H,23,28). The number of anilines is 1. The van der Waals surface area contributed by atoms with Crippen LogP contribution < -0.4 is 15.0 Å². The van der Waals surface area contributed by atoms with Gasteiger partial charge in [-0.2, -0.15) is 0 Å². The van der Waals surface area contributed by atoms with Crippen LogP contribution in [0.2, 0.25) is 0 Å². The van der Waals surface area contributed by atoms with E-state index in [1.807, 2.05) is 40.9 Å². The number of fused-ring (bicyclic) bond motifs is 1. The molecule has 1 aromatic carbocycles. The smallest absolute Gasteiger partial charge is 0.269 e. The summed E-state index contributed by atoms with van der Waals surface area (Å²) in [6.07, 6.45) is 4.41. The molecule has 29 heavy (non-hydrogen) atoms. The fourth-order valence-electron chi connectivity index (χ4n) is 3.80. The predicted octanol–water partition coefficient (Wildman–Crippen LogP) is 2.29. The monoisotopic (exact) mass is 393 g/mol. The van der Waals surface area contributed by atoms with Crippen LogP contribution in [-0.4, -0.2) is 66.6 Å². The molecule has 0 bridgehead atoms. The first-order chi connectivity index (χ1) is 14.3. The number of benzene rings is 1. The zero-order valence-corrected chi connectivity index (χ0v) is 16.8. The quantitative estimate of drug-likeness (QED) is 0.624. The summed E-state index contributed by atoms with van der Waals surface area (Å²) in [6.45, 7) is 5.63. The third-order valence-electron chi connectivity index (χ3n) is 5.38. The van der Waals surface area contributed by atoms with Gasteiger partial charge in [0.15, 0.2) is 0 Å². The molecule has 0 atom stereocenters. The lowest BCUT2D eigenvalue weighted by molar-refractivity contribution is 0.0945. The highest BCUT2D eigenvalue weighted by Gasteiger charge is 2.19. The van der Waals surface area contributed by atoms with E-state index in [0.29, 0.717) is 12.2 Å². The third kappa shape index (κ3) is 4.35. The molecule has 7 heteroatoms. The second-order valence-electron chi connectivity index (χ2n) is 7.18. The number of piperazine rings is 1. The van der Waals surface area contributed by atoms with Gasteiger partial charge in [-0.15, -0.1) is 0 Å². The fraction of sp³-hybridized carbons (Fsp3) is 0.364. The Bertz CT molecular complexity index is 963. The van der Waals surface area contributed by atoms with E-state index in [0.717, 1.165) is 56.2 Å². The average molecular weight is 393 g/mol. The molecule has 3 heterocycles. The number of aromatic nitrogens is 2. The Morgan fingerprint density at radius 1 is 1.10 bits per heavy atom. The molecule has 1 saturated heterocycles. The van der Waals surface area contributed by atoms with Gasteiger partial charge < -0.3 is 15.0 Å². The van der Waals surface area contributed by atoms with Gasteiger partial charge in [0, 0.05) is 38.9 Å². The summed E-state index contributed by atoms with van der Waals surface area (Å²) < 4.78 is 7.29. The van der Waals surface area contributed by atoms with Crippen molar-refractivity contribution in [3.63, 3.8) is 0 Å². The number of hydrogen-bond donors (Lipinski definition) is 1. The molecule has 1 amide bonds. The van der Waals surface area contributed by atoms with Crippen LogP contribution in [0.5, 0.6) is 5.75 Å². The lowest BCUT2D eigenvalue weighted by Crippen LogP contribution is -2.47. The van der Waals surface area contributed by atoms with Gasteiger partial charge in [0.05, 0.1) is 19.0 Å². The van der Waals surface area contributed by atoms with Gasteiger partial charge in [0.25, 0.3) is 5.91 Å². The fourth-order valence-corrected chi connectivity index (χ4v) is 3.80. The number of carbonyl (C=O) groups excluding carboxylic acids is 1. The van der Waals surface area contributed by atoms with Gasteiger partial charge in [-0.1, -0.05) is 18.2 Å². The number of ether oxygens (including phenoxy) is 1. The van der Waals surface area contributed by atoms with E-state index in [9.17, 15) is 4.79 Å². The van der Waals surface area contributed by atoms with Gasteiger partial charge in [0.2, 0.25) is 0 Å². The van der Waals surface area contributed by atoms with Crippen LogP contribution in [-0.2, 0) is 0 Å². The Balaban J connectivity index is 1.21. The Labute approximate surface area is 170 Å². The maximum Gasteiger partial charge on any atom is 0.269 e. The van der Waals surface area contributed by atoms with Gasteiger partial charge in [-0.25, -0.2) is 4.98 Å². The van der Waals surface area contributed by atoms with Crippen molar-refractivity contribution in [2.45, 2.75) is 6.42 Å². The molecular formula is C22H27N5O2. The summed E-state index contributed by atoms with van der Waals surface area (Å²) in [6, 6.07) is 13.9. The highest BCUT2D eigenvalue weighted by Crippen LogP contribution is 2.28. The second-order valence-corrected chi connectivity index (χ2v) is 7.18. The van der Waals surface area contributed by atoms with E-state index in [4.69, 9.17) is 4.74 Å². The van der Waals surface area contributed by atoms with Gasteiger partial charge in [-0.05, 0) is 37.2 Å². The van der Waals surface area contributed by atoms with E-state index in [1.54, 1.807) is 13.3 Å². The molecule has 0 aliphatic carbocycles. The van der Waals surface area contributed by atoms with Crippen molar-refractivity contribution in [1.82, 2.24) is 19.6 Å². The Hall–Kier alpha value is -3.06. The van der Waals surface area contributed by atoms with Crippen LogP contribution in [0.3, 0.4) is 0 Å². The van der Waals surface area contributed by atoms with Crippen LogP contribution in [0, 0.1) is 0 Å². The summed E-state index contributed by atoms with van der Waals surface area (Å²) in [5.74, 6) is 0.848. The predicted molar refractivity (Wildman–Crippen MR) is 114 cm³/mol. The van der Waals surface area contributed by atoms with Gasteiger partial charge in [0.1, 0.15) is 17.1 Å². The normalized spacial score (nSPS) is 14.9. The number of carbonyl (C=O) groups is 1. The first kappa shape index (κ1) is 19.3. The Morgan fingerprint density at radius 3 is 2.72 bits per heavy atom. The highest BCUT2D eigenvalue weighted by molar-refractivity contribution is 5.93.